The Hall–Kier alpha value is -3.15. The highest BCUT2D eigenvalue weighted by Crippen LogP contribution is 2.28. The SMILES string of the molecule is COc1ccc(C(=O)CCC(=O)N2CCC(C(=O)c3ccccc3)CC2)cc1OC. The predicted molar refractivity (Wildman–Crippen MR) is 113 cm³/mol. The monoisotopic (exact) mass is 409 g/mol. The van der Waals surface area contributed by atoms with Crippen LogP contribution < -0.4 is 9.47 Å². The Balaban J connectivity index is 1.49. The van der Waals surface area contributed by atoms with Gasteiger partial charge in [0, 0.05) is 43.0 Å². The van der Waals surface area contributed by atoms with Gasteiger partial charge in [0.15, 0.2) is 23.1 Å². The minimum atomic E-state index is -0.113. The summed E-state index contributed by atoms with van der Waals surface area (Å²) in [6.45, 7) is 1.10. The fourth-order valence-electron chi connectivity index (χ4n) is 3.76. The van der Waals surface area contributed by atoms with Crippen molar-refractivity contribution in [3.8, 4) is 11.5 Å². The van der Waals surface area contributed by atoms with Crippen LogP contribution in [0.4, 0.5) is 0 Å². The molecule has 30 heavy (non-hydrogen) atoms. The zero-order valence-electron chi connectivity index (χ0n) is 17.4. The van der Waals surface area contributed by atoms with E-state index in [4.69, 9.17) is 9.47 Å². The van der Waals surface area contributed by atoms with E-state index in [-0.39, 0.29) is 36.2 Å². The molecule has 0 spiro atoms. The summed E-state index contributed by atoms with van der Waals surface area (Å²) in [5.74, 6) is 0.974. The number of ketones is 2. The number of ether oxygens (including phenoxy) is 2. The standard InChI is InChI=1S/C24H27NO5/c1-29-21-10-8-19(16-22(21)30-2)20(26)9-11-23(27)25-14-12-18(13-15-25)24(28)17-6-4-3-5-7-17/h3-8,10,16,18H,9,11-15H2,1-2H3. The molecular formula is C24H27NO5. The van der Waals surface area contributed by atoms with E-state index < -0.39 is 0 Å². The molecule has 1 amide bonds. The van der Waals surface area contributed by atoms with Crippen molar-refractivity contribution >= 4 is 17.5 Å². The highest BCUT2D eigenvalue weighted by molar-refractivity contribution is 5.99. The van der Waals surface area contributed by atoms with E-state index in [0.29, 0.717) is 43.0 Å². The molecule has 1 fully saturated rings. The van der Waals surface area contributed by atoms with Crippen molar-refractivity contribution < 1.29 is 23.9 Å². The van der Waals surface area contributed by atoms with E-state index >= 15 is 0 Å². The molecule has 1 heterocycles. The summed E-state index contributed by atoms with van der Waals surface area (Å²) in [5, 5.41) is 0. The maximum absolute atomic E-state index is 12.6. The van der Waals surface area contributed by atoms with Gasteiger partial charge in [-0.05, 0) is 31.0 Å². The van der Waals surface area contributed by atoms with E-state index in [1.165, 1.54) is 14.2 Å². The molecule has 1 aliphatic rings. The highest BCUT2D eigenvalue weighted by Gasteiger charge is 2.28. The largest absolute Gasteiger partial charge is 0.493 e. The Labute approximate surface area is 176 Å². The Kier molecular flexibility index (Phi) is 7.22. The molecule has 0 aromatic heterocycles. The van der Waals surface area contributed by atoms with Gasteiger partial charge in [0.25, 0.3) is 0 Å². The summed E-state index contributed by atoms with van der Waals surface area (Å²) in [7, 11) is 3.05. The number of likely N-dealkylation sites (tertiary alicyclic amines) is 1. The van der Waals surface area contributed by atoms with Crippen molar-refractivity contribution in [3.05, 3.63) is 59.7 Å². The van der Waals surface area contributed by atoms with Gasteiger partial charge in [-0.15, -0.1) is 0 Å². The van der Waals surface area contributed by atoms with Gasteiger partial charge in [0.2, 0.25) is 5.91 Å². The number of benzene rings is 2. The van der Waals surface area contributed by atoms with E-state index in [1.807, 2.05) is 30.3 Å². The minimum absolute atomic E-state index is 0.0468. The summed E-state index contributed by atoms with van der Waals surface area (Å²) < 4.78 is 10.4. The fourth-order valence-corrected chi connectivity index (χ4v) is 3.76. The molecular weight excluding hydrogens is 382 g/mol. The second-order valence-corrected chi connectivity index (χ2v) is 7.38. The number of rotatable bonds is 8. The van der Waals surface area contributed by atoms with Crippen LogP contribution in [0.2, 0.25) is 0 Å². The van der Waals surface area contributed by atoms with Crippen LogP contribution in [0.15, 0.2) is 48.5 Å². The van der Waals surface area contributed by atoms with Gasteiger partial charge in [-0.1, -0.05) is 30.3 Å². The number of carbonyl (C=O) groups is 3. The molecule has 6 nitrogen and oxygen atoms in total. The maximum atomic E-state index is 12.6. The number of hydrogen-bond acceptors (Lipinski definition) is 5. The molecule has 0 aliphatic carbocycles. The van der Waals surface area contributed by atoms with Crippen LogP contribution in [-0.2, 0) is 4.79 Å². The Bertz CT molecular complexity index is 901. The molecule has 0 bridgehead atoms. The Morgan fingerprint density at radius 2 is 1.53 bits per heavy atom. The average Bonchev–Trinajstić information content (AvgIpc) is 2.82. The smallest absolute Gasteiger partial charge is 0.223 e. The van der Waals surface area contributed by atoms with Crippen molar-refractivity contribution in [2.24, 2.45) is 5.92 Å². The predicted octanol–water partition coefficient (Wildman–Crippen LogP) is 3.79. The summed E-state index contributed by atoms with van der Waals surface area (Å²) >= 11 is 0. The van der Waals surface area contributed by atoms with Crippen LogP contribution in [0, 0.1) is 5.92 Å². The maximum Gasteiger partial charge on any atom is 0.223 e. The summed E-state index contributed by atoms with van der Waals surface area (Å²) in [6.07, 6.45) is 1.61. The van der Waals surface area contributed by atoms with Crippen LogP contribution in [-0.4, -0.2) is 49.7 Å². The van der Waals surface area contributed by atoms with Gasteiger partial charge >= 0.3 is 0 Å². The molecule has 0 N–H and O–H groups in total. The van der Waals surface area contributed by atoms with Gasteiger partial charge in [0.1, 0.15) is 0 Å². The Morgan fingerprint density at radius 1 is 0.867 bits per heavy atom. The third-order valence-electron chi connectivity index (χ3n) is 5.55. The molecule has 0 unspecified atom stereocenters. The molecule has 0 radical (unpaired) electrons. The average molecular weight is 409 g/mol. The summed E-state index contributed by atoms with van der Waals surface area (Å²) in [5.41, 5.74) is 1.22. The topological polar surface area (TPSA) is 72.9 Å². The lowest BCUT2D eigenvalue weighted by molar-refractivity contribution is -0.132. The number of methoxy groups -OCH3 is 2. The highest BCUT2D eigenvalue weighted by atomic mass is 16.5. The number of Topliss-reactive ketones (excluding diaryl/α,β-unsaturated/α-hetero) is 2. The van der Waals surface area contributed by atoms with Gasteiger partial charge < -0.3 is 14.4 Å². The first-order chi connectivity index (χ1) is 14.5. The third-order valence-corrected chi connectivity index (χ3v) is 5.55. The van der Waals surface area contributed by atoms with E-state index in [0.717, 1.165) is 5.56 Å². The fraction of sp³-hybridized carbons (Fsp3) is 0.375. The van der Waals surface area contributed by atoms with Crippen LogP contribution >= 0.6 is 0 Å². The van der Waals surface area contributed by atoms with Crippen molar-refractivity contribution in [2.75, 3.05) is 27.3 Å². The molecule has 0 saturated carbocycles. The van der Waals surface area contributed by atoms with Crippen LogP contribution in [0.3, 0.4) is 0 Å². The lowest BCUT2D eigenvalue weighted by Gasteiger charge is -2.31. The van der Waals surface area contributed by atoms with Crippen LogP contribution in [0.25, 0.3) is 0 Å². The van der Waals surface area contributed by atoms with Crippen LogP contribution in [0.5, 0.6) is 11.5 Å². The normalized spacial score (nSPS) is 14.3. The first-order valence-electron chi connectivity index (χ1n) is 10.2. The zero-order valence-corrected chi connectivity index (χ0v) is 17.4. The number of nitrogens with zero attached hydrogens (tertiary/aromatic N) is 1. The molecule has 158 valence electrons. The minimum Gasteiger partial charge on any atom is -0.493 e. The number of hydrogen-bond donors (Lipinski definition) is 0. The third kappa shape index (κ3) is 5.06. The van der Waals surface area contributed by atoms with Crippen molar-refractivity contribution in [1.82, 2.24) is 4.90 Å². The molecule has 1 aliphatic heterocycles. The van der Waals surface area contributed by atoms with Gasteiger partial charge in [0.05, 0.1) is 14.2 Å². The molecule has 3 rings (SSSR count). The van der Waals surface area contributed by atoms with Crippen LogP contribution in [0.1, 0.15) is 46.4 Å². The summed E-state index contributed by atoms with van der Waals surface area (Å²) in [6, 6.07) is 14.3. The second-order valence-electron chi connectivity index (χ2n) is 7.38. The molecule has 2 aromatic rings. The quantitative estimate of drug-likeness (QED) is 0.620. The molecule has 1 saturated heterocycles. The van der Waals surface area contributed by atoms with Crippen molar-refractivity contribution in [1.29, 1.82) is 0 Å². The first kappa shape index (κ1) is 21.6. The second kappa shape index (κ2) is 10.1. The lowest BCUT2D eigenvalue weighted by Crippen LogP contribution is -2.40. The molecule has 2 aromatic carbocycles. The molecule has 6 heteroatoms. The van der Waals surface area contributed by atoms with Gasteiger partial charge in [-0.2, -0.15) is 0 Å². The van der Waals surface area contributed by atoms with Crippen molar-refractivity contribution in [2.45, 2.75) is 25.7 Å². The zero-order chi connectivity index (χ0) is 21.5. The van der Waals surface area contributed by atoms with E-state index in [9.17, 15) is 14.4 Å². The van der Waals surface area contributed by atoms with E-state index in [1.54, 1.807) is 23.1 Å². The van der Waals surface area contributed by atoms with Gasteiger partial charge in [-0.25, -0.2) is 0 Å². The summed E-state index contributed by atoms with van der Waals surface area (Å²) in [4.78, 5) is 39.4. The van der Waals surface area contributed by atoms with Gasteiger partial charge in [-0.3, -0.25) is 14.4 Å². The number of amides is 1. The van der Waals surface area contributed by atoms with E-state index in [2.05, 4.69) is 0 Å². The first-order valence-corrected chi connectivity index (χ1v) is 10.2. The lowest BCUT2D eigenvalue weighted by atomic mass is 9.88. The Morgan fingerprint density at radius 3 is 2.17 bits per heavy atom. The number of carbonyl (C=O) groups excluding carboxylic acids is 3. The molecule has 0 atom stereocenters. The number of piperidine rings is 1. The van der Waals surface area contributed by atoms with Crippen molar-refractivity contribution in [3.63, 3.8) is 0 Å².